The zero-order chi connectivity index (χ0) is 26.0. The van der Waals surface area contributed by atoms with Crippen LogP contribution in [0, 0.1) is 5.92 Å². The van der Waals surface area contributed by atoms with Crippen LogP contribution in [0.2, 0.25) is 0 Å². The van der Waals surface area contributed by atoms with Gasteiger partial charge in [0.05, 0.1) is 11.2 Å². The van der Waals surface area contributed by atoms with E-state index >= 15 is 0 Å². The van der Waals surface area contributed by atoms with Crippen molar-refractivity contribution in [3.8, 4) is 11.3 Å². The highest BCUT2D eigenvalue weighted by atomic mass is 16.2. The van der Waals surface area contributed by atoms with Crippen LogP contribution in [-0.4, -0.2) is 25.7 Å². The van der Waals surface area contributed by atoms with Gasteiger partial charge in [0.15, 0.2) is 0 Å². The third kappa shape index (κ3) is 4.56. The van der Waals surface area contributed by atoms with Crippen molar-refractivity contribution in [3.05, 3.63) is 106 Å². The molecular formula is C29H33N5O2. The van der Waals surface area contributed by atoms with Crippen molar-refractivity contribution < 1.29 is 0 Å². The van der Waals surface area contributed by atoms with Crippen molar-refractivity contribution in [2.24, 2.45) is 13.0 Å². The minimum atomic E-state index is -0.305. The van der Waals surface area contributed by atoms with Gasteiger partial charge >= 0.3 is 5.69 Å². The topological polar surface area (TPSA) is 65.1 Å². The molecule has 4 aromatic rings. The molecule has 0 saturated carbocycles. The van der Waals surface area contributed by atoms with Crippen molar-refractivity contribution in [1.82, 2.24) is 18.7 Å². The Labute approximate surface area is 211 Å². The summed E-state index contributed by atoms with van der Waals surface area (Å²) < 4.78 is 4.96. The molecule has 36 heavy (non-hydrogen) atoms. The highest BCUT2D eigenvalue weighted by Crippen LogP contribution is 2.30. The van der Waals surface area contributed by atoms with E-state index in [9.17, 15) is 9.59 Å². The van der Waals surface area contributed by atoms with Crippen LogP contribution in [0.15, 0.2) is 88.9 Å². The van der Waals surface area contributed by atoms with Gasteiger partial charge in [0, 0.05) is 50.8 Å². The first-order valence-electron chi connectivity index (χ1n) is 12.1. The van der Waals surface area contributed by atoms with Crippen molar-refractivity contribution in [1.29, 1.82) is 0 Å². The second kappa shape index (κ2) is 10.2. The molecule has 1 aromatic carbocycles. The summed E-state index contributed by atoms with van der Waals surface area (Å²) in [4.78, 5) is 32.9. The third-order valence-corrected chi connectivity index (χ3v) is 6.38. The maximum atomic E-state index is 13.4. The molecule has 186 valence electrons. The van der Waals surface area contributed by atoms with Gasteiger partial charge in [-0.05, 0) is 36.6 Å². The number of pyridine rings is 1. The van der Waals surface area contributed by atoms with Gasteiger partial charge < -0.3 is 9.47 Å². The molecule has 0 atom stereocenters. The Morgan fingerprint density at radius 3 is 2.44 bits per heavy atom. The molecule has 0 spiro atoms. The van der Waals surface area contributed by atoms with E-state index in [1.165, 1.54) is 4.57 Å². The lowest BCUT2D eigenvalue weighted by atomic mass is 10.1. The third-order valence-electron chi connectivity index (χ3n) is 6.38. The summed E-state index contributed by atoms with van der Waals surface area (Å²) in [6.07, 6.45) is 7.42. The van der Waals surface area contributed by atoms with Crippen molar-refractivity contribution >= 4 is 16.7 Å². The second-order valence-corrected chi connectivity index (χ2v) is 9.38. The van der Waals surface area contributed by atoms with E-state index in [-0.39, 0.29) is 17.2 Å². The van der Waals surface area contributed by atoms with E-state index in [1.54, 1.807) is 23.9 Å². The highest BCUT2D eigenvalue weighted by Gasteiger charge is 2.23. The summed E-state index contributed by atoms with van der Waals surface area (Å²) in [5, 5.41) is 0.520. The fourth-order valence-electron chi connectivity index (χ4n) is 4.58. The van der Waals surface area contributed by atoms with Crippen LogP contribution in [-0.2, 0) is 20.1 Å². The molecule has 7 heteroatoms. The lowest BCUT2D eigenvalue weighted by Crippen LogP contribution is -2.39. The number of hydrogen-bond acceptors (Lipinski definition) is 4. The largest absolute Gasteiger partial charge is 0.331 e. The Morgan fingerprint density at radius 1 is 1.14 bits per heavy atom. The molecule has 4 rings (SSSR count). The number of anilines is 1. The van der Waals surface area contributed by atoms with Crippen LogP contribution >= 0.6 is 0 Å². The summed E-state index contributed by atoms with van der Waals surface area (Å²) in [5.41, 5.74) is 3.93. The Balaban J connectivity index is 1.91. The predicted octanol–water partition coefficient (Wildman–Crippen LogP) is 4.79. The van der Waals surface area contributed by atoms with E-state index in [2.05, 4.69) is 49.7 Å². The van der Waals surface area contributed by atoms with E-state index in [4.69, 9.17) is 0 Å². The highest BCUT2D eigenvalue weighted by molar-refractivity contribution is 5.92. The normalized spacial score (nSPS) is 11.9. The number of rotatable bonds is 8. The maximum absolute atomic E-state index is 13.4. The molecule has 0 N–H and O–H groups in total. The molecule has 0 aliphatic rings. The first kappa shape index (κ1) is 25.0. The first-order chi connectivity index (χ1) is 17.3. The molecular weight excluding hydrogens is 450 g/mol. The van der Waals surface area contributed by atoms with Crippen molar-refractivity contribution in [2.75, 3.05) is 11.9 Å². The fraction of sp³-hybridized carbons (Fsp3) is 0.276. The van der Waals surface area contributed by atoms with Gasteiger partial charge in [-0.25, -0.2) is 4.79 Å². The molecule has 3 aromatic heterocycles. The van der Waals surface area contributed by atoms with Gasteiger partial charge in [-0.2, -0.15) is 0 Å². The maximum Gasteiger partial charge on any atom is 0.331 e. The number of nitrogens with zero attached hydrogens (tertiary/aromatic N) is 5. The summed E-state index contributed by atoms with van der Waals surface area (Å²) in [6, 6.07) is 14.1. The Morgan fingerprint density at radius 2 is 1.86 bits per heavy atom. The van der Waals surface area contributed by atoms with Gasteiger partial charge in [-0.3, -0.25) is 18.9 Å². The number of allylic oxidation sites excluding steroid dienone is 2. The molecule has 0 aliphatic carbocycles. The summed E-state index contributed by atoms with van der Waals surface area (Å²) in [7, 11) is 3.46. The molecule has 0 radical (unpaired) electrons. The van der Waals surface area contributed by atoms with Gasteiger partial charge in [0.25, 0.3) is 5.56 Å². The van der Waals surface area contributed by atoms with Crippen LogP contribution in [0.25, 0.3) is 22.2 Å². The number of benzene rings is 1. The van der Waals surface area contributed by atoms with Gasteiger partial charge in [0.1, 0.15) is 11.2 Å². The molecule has 0 saturated heterocycles. The van der Waals surface area contributed by atoms with Crippen molar-refractivity contribution in [3.63, 3.8) is 0 Å². The zero-order valence-electron chi connectivity index (χ0n) is 21.6. The smallest absolute Gasteiger partial charge is 0.330 e. The zero-order valence-corrected chi connectivity index (χ0v) is 21.6. The lowest BCUT2D eigenvalue weighted by Gasteiger charge is -2.23. The SMILES string of the molecule is C=C/C(=C\C)N(C)c1c2c(=O)n(C)c(=O)n(CC(C)C)c2cn1Cc1ccc(-c2ccccn2)cc1. The minimum absolute atomic E-state index is 0.242. The first-order valence-corrected chi connectivity index (χ1v) is 12.1. The Kier molecular flexibility index (Phi) is 7.10. The minimum Gasteiger partial charge on any atom is -0.330 e. The quantitative estimate of drug-likeness (QED) is 0.338. The average Bonchev–Trinajstić information content (AvgIpc) is 3.25. The van der Waals surface area contributed by atoms with Crippen LogP contribution in [0.3, 0.4) is 0 Å². The predicted molar refractivity (Wildman–Crippen MR) is 147 cm³/mol. The standard InChI is InChI=1S/C29H33N5O2/c1-7-23(8-2)31(5)27-26-25(34(17-20(3)4)29(36)32(6)28(26)35)19-33(27)18-21-12-14-22(15-13-21)24-11-9-10-16-30-24/h7-16,19-20H,1,17-18H2,2-6H3/b23-8+. The molecule has 0 fully saturated rings. The molecule has 0 unspecified atom stereocenters. The van der Waals surface area contributed by atoms with E-state index in [0.717, 1.165) is 28.3 Å². The van der Waals surface area contributed by atoms with Gasteiger partial charge in [-0.15, -0.1) is 0 Å². The Hall–Kier alpha value is -4.13. The fourth-order valence-corrected chi connectivity index (χ4v) is 4.58. The number of hydrogen-bond donors (Lipinski definition) is 0. The van der Waals surface area contributed by atoms with Crippen LogP contribution in [0.5, 0.6) is 0 Å². The monoisotopic (exact) mass is 483 g/mol. The summed E-state index contributed by atoms with van der Waals surface area (Å²) >= 11 is 0. The molecule has 3 heterocycles. The van der Waals surface area contributed by atoms with E-state index in [1.807, 2.05) is 53.9 Å². The van der Waals surface area contributed by atoms with E-state index < -0.39 is 0 Å². The average molecular weight is 484 g/mol. The number of aromatic nitrogens is 4. The summed E-state index contributed by atoms with van der Waals surface area (Å²) in [5.74, 6) is 0.969. The number of likely N-dealkylation sites (N-methyl/N-ethyl adjacent to an activating group) is 1. The molecule has 0 bridgehead atoms. The number of fused-ring (bicyclic) bond motifs is 1. The van der Waals surface area contributed by atoms with E-state index in [0.29, 0.717) is 24.0 Å². The summed E-state index contributed by atoms with van der Waals surface area (Å²) in [6.45, 7) is 11.1. The van der Waals surface area contributed by atoms with Gasteiger partial charge in [-0.1, -0.05) is 56.8 Å². The molecule has 0 amide bonds. The van der Waals surface area contributed by atoms with Gasteiger partial charge in [0.2, 0.25) is 0 Å². The van der Waals surface area contributed by atoms with Crippen LogP contribution < -0.4 is 16.1 Å². The lowest BCUT2D eigenvalue weighted by molar-refractivity contribution is 0.502. The van der Waals surface area contributed by atoms with Crippen molar-refractivity contribution in [2.45, 2.75) is 33.9 Å². The second-order valence-electron chi connectivity index (χ2n) is 9.38. The Bertz CT molecular complexity index is 1540. The van der Waals surface area contributed by atoms with Crippen LogP contribution in [0.1, 0.15) is 26.3 Å². The molecule has 7 nitrogen and oxygen atoms in total. The molecule has 0 aliphatic heterocycles. The van der Waals surface area contributed by atoms with Crippen LogP contribution in [0.4, 0.5) is 5.82 Å².